The van der Waals surface area contributed by atoms with Crippen LogP contribution in [0.4, 0.5) is 0 Å². The summed E-state index contributed by atoms with van der Waals surface area (Å²) in [5.74, 6) is 0. The van der Waals surface area contributed by atoms with Crippen molar-refractivity contribution in [2.24, 2.45) is 0 Å². The second kappa shape index (κ2) is 8.77. The molecule has 140 valence electrons. The van der Waals surface area contributed by atoms with Gasteiger partial charge >= 0.3 is 0 Å². The van der Waals surface area contributed by atoms with E-state index < -0.39 is 10.0 Å². The Bertz CT molecular complexity index is 792. The molecule has 1 saturated heterocycles. The molecule has 0 bridgehead atoms. The molecular formula is C20H27N3O2S. The lowest BCUT2D eigenvalue weighted by atomic mass is 10.2. The van der Waals surface area contributed by atoms with Crippen LogP contribution < -0.4 is 5.32 Å². The zero-order chi connectivity index (χ0) is 18.4. The van der Waals surface area contributed by atoms with Crippen LogP contribution in [0.5, 0.6) is 0 Å². The first-order valence-corrected chi connectivity index (χ1v) is 10.5. The number of benzene rings is 2. The number of hydrogen-bond acceptors (Lipinski definition) is 4. The standard InChI is InChI=1S/C20H27N3O2S/c1-18-7-9-20(10-8-18)26(24,25)23-14-12-21-11-13-22(15-16-23)17-19-5-3-2-4-6-19/h2-10,21H,11-17H2,1H3. The zero-order valence-electron chi connectivity index (χ0n) is 15.3. The Hall–Kier alpha value is -1.73. The largest absolute Gasteiger partial charge is 0.314 e. The molecule has 1 aliphatic heterocycles. The van der Waals surface area contributed by atoms with Gasteiger partial charge in [-0.3, -0.25) is 4.90 Å². The molecule has 0 spiro atoms. The normalized spacial score (nSPS) is 18.0. The number of nitrogens with one attached hydrogen (secondary N) is 1. The van der Waals surface area contributed by atoms with E-state index in [2.05, 4.69) is 22.3 Å². The van der Waals surface area contributed by atoms with E-state index >= 15 is 0 Å². The lowest BCUT2D eigenvalue weighted by Gasteiger charge is -2.25. The van der Waals surface area contributed by atoms with E-state index in [1.807, 2.05) is 37.3 Å². The fourth-order valence-electron chi connectivity index (χ4n) is 3.14. The molecule has 1 heterocycles. The molecule has 2 aromatic rings. The van der Waals surface area contributed by atoms with E-state index in [9.17, 15) is 8.42 Å². The van der Waals surface area contributed by atoms with Crippen molar-refractivity contribution < 1.29 is 8.42 Å². The van der Waals surface area contributed by atoms with Crippen molar-refractivity contribution in [2.75, 3.05) is 39.3 Å². The monoisotopic (exact) mass is 373 g/mol. The molecule has 0 radical (unpaired) electrons. The summed E-state index contributed by atoms with van der Waals surface area (Å²) in [4.78, 5) is 2.68. The minimum atomic E-state index is -3.46. The summed E-state index contributed by atoms with van der Waals surface area (Å²) in [5, 5.41) is 3.36. The van der Waals surface area contributed by atoms with Gasteiger partial charge in [0.05, 0.1) is 4.90 Å². The predicted octanol–water partition coefficient (Wildman–Crippen LogP) is 2.09. The van der Waals surface area contributed by atoms with Gasteiger partial charge in [0.2, 0.25) is 10.0 Å². The topological polar surface area (TPSA) is 52.7 Å². The third-order valence-electron chi connectivity index (χ3n) is 4.72. The average molecular weight is 374 g/mol. The second-order valence-electron chi connectivity index (χ2n) is 6.73. The first kappa shape index (κ1) is 19.0. The van der Waals surface area contributed by atoms with Gasteiger partial charge in [-0.15, -0.1) is 0 Å². The van der Waals surface area contributed by atoms with Crippen molar-refractivity contribution in [1.82, 2.24) is 14.5 Å². The smallest absolute Gasteiger partial charge is 0.243 e. The number of rotatable bonds is 4. The van der Waals surface area contributed by atoms with Crippen LogP contribution >= 0.6 is 0 Å². The number of sulfonamides is 1. The van der Waals surface area contributed by atoms with E-state index in [-0.39, 0.29) is 0 Å². The molecule has 0 amide bonds. The number of aryl methyl sites for hydroxylation is 1. The van der Waals surface area contributed by atoms with Crippen molar-refractivity contribution in [3.63, 3.8) is 0 Å². The van der Waals surface area contributed by atoms with Crippen LogP contribution in [0.1, 0.15) is 11.1 Å². The molecule has 0 aromatic heterocycles. The molecule has 0 unspecified atom stereocenters. The highest BCUT2D eigenvalue weighted by Gasteiger charge is 2.25. The predicted molar refractivity (Wildman–Crippen MR) is 105 cm³/mol. The van der Waals surface area contributed by atoms with Crippen LogP contribution in [0.3, 0.4) is 0 Å². The van der Waals surface area contributed by atoms with Gasteiger partial charge in [-0.1, -0.05) is 48.0 Å². The highest BCUT2D eigenvalue weighted by Crippen LogP contribution is 2.17. The molecule has 0 saturated carbocycles. The summed E-state index contributed by atoms with van der Waals surface area (Å²) < 4.78 is 27.6. The van der Waals surface area contributed by atoms with E-state index in [0.29, 0.717) is 24.5 Å². The summed E-state index contributed by atoms with van der Waals surface area (Å²) in [5.41, 5.74) is 2.31. The molecule has 3 rings (SSSR count). The number of hydrogen-bond donors (Lipinski definition) is 1. The van der Waals surface area contributed by atoms with Crippen LogP contribution in [-0.2, 0) is 16.6 Å². The molecule has 1 N–H and O–H groups in total. The van der Waals surface area contributed by atoms with Gasteiger partial charge in [-0.05, 0) is 24.6 Å². The Morgan fingerprint density at radius 2 is 1.58 bits per heavy atom. The molecular weight excluding hydrogens is 346 g/mol. The Morgan fingerprint density at radius 3 is 2.31 bits per heavy atom. The minimum absolute atomic E-state index is 0.372. The lowest BCUT2D eigenvalue weighted by Crippen LogP contribution is -2.39. The highest BCUT2D eigenvalue weighted by atomic mass is 32.2. The van der Waals surface area contributed by atoms with E-state index in [4.69, 9.17) is 0 Å². The highest BCUT2D eigenvalue weighted by molar-refractivity contribution is 7.89. The van der Waals surface area contributed by atoms with Gasteiger partial charge in [-0.25, -0.2) is 8.42 Å². The van der Waals surface area contributed by atoms with Crippen LogP contribution in [0.25, 0.3) is 0 Å². The van der Waals surface area contributed by atoms with E-state index in [1.165, 1.54) is 5.56 Å². The summed E-state index contributed by atoms with van der Waals surface area (Å²) in [6.07, 6.45) is 0. The number of nitrogens with zero attached hydrogens (tertiary/aromatic N) is 2. The van der Waals surface area contributed by atoms with Crippen LogP contribution in [0.15, 0.2) is 59.5 Å². The third-order valence-corrected chi connectivity index (χ3v) is 6.63. The molecule has 6 heteroatoms. The second-order valence-corrected chi connectivity index (χ2v) is 8.67. The summed E-state index contributed by atoms with van der Waals surface area (Å²) in [6.45, 7) is 6.97. The van der Waals surface area contributed by atoms with Crippen LogP contribution in [0.2, 0.25) is 0 Å². The molecule has 0 aliphatic carbocycles. The SMILES string of the molecule is Cc1ccc(S(=O)(=O)N2CCNCCN(Cc3ccccc3)CC2)cc1. The third kappa shape index (κ3) is 4.92. The maximum Gasteiger partial charge on any atom is 0.243 e. The van der Waals surface area contributed by atoms with Crippen molar-refractivity contribution in [2.45, 2.75) is 18.4 Å². The molecule has 5 nitrogen and oxygen atoms in total. The molecule has 1 fully saturated rings. The molecule has 26 heavy (non-hydrogen) atoms. The lowest BCUT2D eigenvalue weighted by molar-refractivity contribution is 0.255. The molecule has 2 aromatic carbocycles. The Morgan fingerprint density at radius 1 is 0.885 bits per heavy atom. The van der Waals surface area contributed by atoms with Gasteiger partial charge in [0.1, 0.15) is 0 Å². The average Bonchev–Trinajstić information content (AvgIpc) is 2.75. The van der Waals surface area contributed by atoms with Gasteiger partial charge in [0.25, 0.3) is 0 Å². The molecule has 0 atom stereocenters. The fourth-order valence-corrected chi connectivity index (χ4v) is 4.57. The van der Waals surface area contributed by atoms with E-state index in [0.717, 1.165) is 31.7 Å². The van der Waals surface area contributed by atoms with Gasteiger partial charge in [0, 0.05) is 45.8 Å². The van der Waals surface area contributed by atoms with Crippen molar-refractivity contribution >= 4 is 10.0 Å². The van der Waals surface area contributed by atoms with Crippen LogP contribution in [0, 0.1) is 6.92 Å². The van der Waals surface area contributed by atoms with Gasteiger partial charge < -0.3 is 5.32 Å². The van der Waals surface area contributed by atoms with Crippen LogP contribution in [-0.4, -0.2) is 56.9 Å². The molecule has 1 aliphatic rings. The first-order chi connectivity index (χ1) is 12.6. The van der Waals surface area contributed by atoms with E-state index in [1.54, 1.807) is 16.4 Å². The maximum absolute atomic E-state index is 13.0. The minimum Gasteiger partial charge on any atom is -0.314 e. The maximum atomic E-state index is 13.0. The zero-order valence-corrected chi connectivity index (χ0v) is 16.1. The van der Waals surface area contributed by atoms with Gasteiger partial charge in [-0.2, -0.15) is 4.31 Å². The first-order valence-electron chi connectivity index (χ1n) is 9.09. The quantitative estimate of drug-likeness (QED) is 0.892. The van der Waals surface area contributed by atoms with Crippen molar-refractivity contribution in [3.05, 3.63) is 65.7 Å². The van der Waals surface area contributed by atoms with Crippen molar-refractivity contribution in [3.8, 4) is 0 Å². The Kier molecular flexibility index (Phi) is 6.43. The summed E-state index contributed by atoms with van der Waals surface area (Å²) in [6, 6.07) is 17.4. The Labute approximate surface area is 156 Å². The van der Waals surface area contributed by atoms with Gasteiger partial charge in [0.15, 0.2) is 0 Å². The summed E-state index contributed by atoms with van der Waals surface area (Å²) in [7, 11) is -3.46. The summed E-state index contributed by atoms with van der Waals surface area (Å²) >= 11 is 0. The Balaban J connectivity index is 1.72. The fraction of sp³-hybridized carbons (Fsp3) is 0.400. The van der Waals surface area contributed by atoms with Crippen molar-refractivity contribution in [1.29, 1.82) is 0 Å².